The Morgan fingerprint density at radius 1 is 1.35 bits per heavy atom. The molecule has 0 aliphatic rings. The minimum absolute atomic E-state index is 0.219. The van der Waals surface area contributed by atoms with Crippen LogP contribution in [-0.2, 0) is 0 Å². The molecule has 0 saturated heterocycles. The Labute approximate surface area is 108 Å². The van der Waals surface area contributed by atoms with Crippen molar-refractivity contribution in [2.24, 2.45) is 0 Å². The number of imidazole rings is 1. The summed E-state index contributed by atoms with van der Waals surface area (Å²) in [5.74, 6) is 0. The topological polar surface area (TPSA) is 46.9 Å². The monoisotopic (exact) mass is 293 g/mol. The lowest BCUT2D eigenvalue weighted by molar-refractivity contribution is 0.253. The van der Waals surface area contributed by atoms with E-state index in [9.17, 15) is 4.79 Å². The van der Waals surface area contributed by atoms with Crippen molar-refractivity contribution in [1.82, 2.24) is 9.55 Å². The zero-order valence-electron chi connectivity index (χ0n) is 9.57. The molecule has 0 unspecified atom stereocenters. The Balaban J connectivity index is 2.22. The van der Waals surface area contributed by atoms with Gasteiger partial charge in [0, 0.05) is 22.6 Å². The van der Waals surface area contributed by atoms with Crippen LogP contribution in [0.2, 0.25) is 0 Å². The summed E-state index contributed by atoms with van der Waals surface area (Å²) in [6.07, 6.45) is 4.64. The standard InChI is InChI=1S/C12H12BrN3O/c1-8-5-10(6-9(2)11(8)13)15-12(17)16-4-3-14-7-16/h3-7H,1-2H3,(H,15,17). The number of amides is 1. The molecule has 1 N–H and O–H groups in total. The Morgan fingerprint density at radius 3 is 2.53 bits per heavy atom. The lowest BCUT2D eigenvalue weighted by Crippen LogP contribution is -2.17. The molecule has 1 aromatic heterocycles. The zero-order chi connectivity index (χ0) is 12.4. The number of anilines is 1. The zero-order valence-corrected chi connectivity index (χ0v) is 11.2. The Morgan fingerprint density at radius 2 is 2.00 bits per heavy atom. The van der Waals surface area contributed by atoms with Gasteiger partial charge in [-0.25, -0.2) is 9.78 Å². The van der Waals surface area contributed by atoms with E-state index in [0.29, 0.717) is 0 Å². The predicted octanol–water partition coefficient (Wildman–Crippen LogP) is 3.34. The number of carbonyl (C=O) groups is 1. The third-order valence-electron chi connectivity index (χ3n) is 2.43. The molecule has 0 atom stereocenters. The first-order valence-corrected chi connectivity index (χ1v) is 5.93. The SMILES string of the molecule is Cc1cc(NC(=O)n2ccnc2)cc(C)c1Br. The highest BCUT2D eigenvalue weighted by Gasteiger charge is 2.06. The van der Waals surface area contributed by atoms with Gasteiger partial charge in [-0.3, -0.25) is 4.57 Å². The van der Waals surface area contributed by atoms with Crippen LogP contribution in [0.4, 0.5) is 10.5 Å². The second-order valence-corrected chi connectivity index (χ2v) is 4.62. The molecule has 2 aromatic rings. The maximum absolute atomic E-state index is 11.8. The summed E-state index contributed by atoms with van der Waals surface area (Å²) in [6, 6.07) is 3.63. The number of aromatic nitrogens is 2. The maximum atomic E-state index is 11.8. The van der Waals surface area contributed by atoms with Gasteiger partial charge in [0.05, 0.1) is 0 Å². The van der Waals surface area contributed by atoms with Crippen LogP contribution in [0.1, 0.15) is 11.1 Å². The molecule has 1 aromatic carbocycles. The molecule has 0 aliphatic carbocycles. The number of carbonyl (C=O) groups excluding carboxylic acids is 1. The molecule has 5 heteroatoms. The minimum Gasteiger partial charge on any atom is -0.307 e. The number of rotatable bonds is 1. The number of nitrogens with one attached hydrogen (secondary N) is 1. The third-order valence-corrected chi connectivity index (χ3v) is 3.68. The molecule has 0 saturated carbocycles. The van der Waals surface area contributed by atoms with Crippen molar-refractivity contribution in [1.29, 1.82) is 0 Å². The molecule has 0 bridgehead atoms. The number of halogens is 1. The summed E-state index contributed by atoms with van der Waals surface area (Å²) in [7, 11) is 0. The number of aryl methyl sites for hydroxylation is 2. The molecule has 1 heterocycles. The normalized spacial score (nSPS) is 10.3. The Bertz CT molecular complexity index is 526. The molecular formula is C12H12BrN3O. The summed E-state index contributed by atoms with van der Waals surface area (Å²) in [5, 5.41) is 2.82. The van der Waals surface area contributed by atoms with E-state index >= 15 is 0 Å². The Kier molecular flexibility index (Phi) is 3.28. The van der Waals surface area contributed by atoms with Crippen LogP contribution in [0, 0.1) is 13.8 Å². The van der Waals surface area contributed by atoms with Gasteiger partial charge in [-0.15, -0.1) is 0 Å². The van der Waals surface area contributed by atoms with E-state index in [0.717, 1.165) is 21.3 Å². The van der Waals surface area contributed by atoms with E-state index in [1.165, 1.54) is 10.9 Å². The lowest BCUT2D eigenvalue weighted by atomic mass is 10.1. The van der Waals surface area contributed by atoms with E-state index in [-0.39, 0.29) is 6.03 Å². The van der Waals surface area contributed by atoms with Crippen LogP contribution in [0.15, 0.2) is 35.3 Å². The average molecular weight is 294 g/mol. The molecule has 0 spiro atoms. The lowest BCUT2D eigenvalue weighted by Gasteiger charge is -2.09. The second kappa shape index (κ2) is 4.71. The molecule has 0 radical (unpaired) electrons. The maximum Gasteiger partial charge on any atom is 0.331 e. The van der Waals surface area contributed by atoms with Crippen LogP contribution >= 0.6 is 15.9 Å². The number of hydrogen-bond acceptors (Lipinski definition) is 2. The summed E-state index contributed by atoms with van der Waals surface area (Å²) in [6.45, 7) is 3.98. The van der Waals surface area contributed by atoms with Gasteiger partial charge >= 0.3 is 6.03 Å². The fourth-order valence-corrected chi connectivity index (χ4v) is 1.81. The van der Waals surface area contributed by atoms with Gasteiger partial charge in [-0.2, -0.15) is 0 Å². The highest BCUT2D eigenvalue weighted by Crippen LogP contribution is 2.25. The van der Waals surface area contributed by atoms with E-state index in [1.807, 2.05) is 26.0 Å². The third kappa shape index (κ3) is 2.55. The smallest absolute Gasteiger partial charge is 0.307 e. The quantitative estimate of drug-likeness (QED) is 0.876. The number of hydrogen-bond donors (Lipinski definition) is 1. The van der Waals surface area contributed by atoms with Gasteiger partial charge in [0.25, 0.3) is 0 Å². The molecule has 1 amide bonds. The van der Waals surface area contributed by atoms with Gasteiger partial charge in [-0.1, -0.05) is 15.9 Å². The van der Waals surface area contributed by atoms with Crippen molar-refractivity contribution < 1.29 is 4.79 Å². The fraction of sp³-hybridized carbons (Fsp3) is 0.167. The molecular weight excluding hydrogens is 282 g/mol. The van der Waals surface area contributed by atoms with Crippen LogP contribution in [0.3, 0.4) is 0 Å². The van der Waals surface area contributed by atoms with Gasteiger partial charge in [0.1, 0.15) is 6.33 Å². The van der Waals surface area contributed by atoms with E-state index in [1.54, 1.807) is 12.4 Å². The number of nitrogens with zero attached hydrogens (tertiary/aromatic N) is 2. The molecule has 2 rings (SSSR count). The summed E-state index contributed by atoms with van der Waals surface area (Å²) < 4.78 is 2.46. The summed E-state index contributed by atoms with van der Waals surface area (Å²) >= 11 is 3.49. The molecule has 88 valence electrons. The van der Waals surface area contributed by atoms with Gasteiger partial charge in [0.2, 0.25) is 0 Å². The molecule has 0 aliphatic heterocycles. The summed E-state index contributed by atoms with van der Waals surface area (Å²) in [5.41, 5.74) is 2.96. The first-order valence-electron chi connectivity index (χ1n) is 5.14. The van der Waals surface area contributed by atoms with E-state index in [2.05, 4.69) is 26.2 Å². The van der Waals surface area contributed by atoms with Gasteiger partial charge in [-0.05, 0) is 37.1 Å². The van der Waals surface area contributed by atoms with E-state index < -0.39 is 0 Å². The highest BCUT2D eigenvalue weighted by atomic mass is 79.9. The van der Waals surface area contributed by atoms with Crippen molar-refractivity contribution in [3.8, 4) is 0 Å². The predicted molar refractivity (Wildman–Crippen MR) is 70.3 cm³/mol. The van der Waals surface area contributed by atoms with Crippen molar-refractivity contribution in [2.45, 2.75) is 13.8 Å². The van der Waals surface area contributed by atoms with Gasteiger partial charge < -0.3 is 5.32 Å². The van der Waals surface area contributed by atoms with Crippen LogP contribution in [0.25, 0.3) is 0 Å². The van der Waals surface area contributed by atoms with Crippen LogP contribution in [-0.4, -0.2) is 15.6 Å². The highest BCUT2D eigenvalue weighted by molar-refractivity contribution is 9.10. The largest absolute Gasteiger partial charge is 0.331 e. The van der Waals surface area contributed by atoms with E-state index in [4.69, 9.17) is 0 Å². The second-order valence-electron chi connectivity index (χ2n) is 3.82. The van der Waals surface area contributed by atoms with Crippen molar-refractivity contribution in [3.05, 3.63) is 46.5 Å². The fourth-order valence-electron chi connectivity index (χ4n) is 1.59. The minimum atomic E-state index is -0.219. The first-order chi connectivity index (χ1) is 8.08. The average Bonchev–Trinajstić information content (AvgIpc) is 2.79. The summed E-state index contributed by atoms with van der Waals surface area (Å²) in [4.78, 5) is 15.6. The Hall–Kier alpha value is -1.62. The number of benzene rings is 1. The molecule has 4 nitrogen and oxygen atoms in total. The molecule has 0 fully saturated rings. The van der Waals surface area contributed by atoms with Crippen molar-refractivity contribution in [2.75, 3.05) is 5.32 Å². The molecule has 17 heavy (non-hydrogen) atoms. The van der Waals surface area contributed by atoms with Crippen molar-refractivity contribution in [3.63, 3.8) is 0 Å². The first kappa shape index (κ1) is 11.9. The van der Waals surface area contributed by atoms with Gasteiger partial charge in [0.15, 0.2) is 0 Å². The van der Waals surface area contributed by atoms with Crippen LogP contribution < -0.4 is 5.32 Å². The van der Waals surface area contributed by atoms with Crippen LogP contribution in [0.5, 0.6) is 0 Å². The van der Waals surface area contributed by atoms with Crippen molar-refractivity contribution >= 4 is 27.6 Å².